The van der Waals surface area contributed by atoms with Crippen molar-refractivity contribution >= 4 is 5.96 Å². The first kappa shape index (κ1) is 29.0. The van der Waals surface area contributed by atoms with Crippen LogP contribution in [-0.2, 0) is 0 Å². The number of halogens is 3. The van der Waals surface area contributed by atoms with Crippen LogP contribution in [0.1, 0.15) is 78.1 Å². The second-order valence-electron chi connectivity index (χ2n) is 14.5. The molecule has 0 aromatic heterocycles. The molecule has 3 saturated heterocycles. The Morgan fingerprint density at radius 3 is 2.17 bits per heavy atom. The summed E-state index contributed by atoms with van der Waals surface area (Å²) in [5.41, 5.74) is 0. The van der Waals surface area contributed by atoms with E-state index in [1.54, 1.807) is 0 Å². The minimum absolute atomic E-state index is 0.0378. The van der Waals surface area contributed by atoms with E-state index in [-0.39, 0.29) is 30.8 Å². The van der Waals surface area contributed by atoms with Crippen LogP contribution in [0.15, 0.2) is 0 Å². The second kappa shape index (κ2) is 11.2. The smallest absolute Gasteiger partial charge is 0.338 e. The van der Waals surface area contributed by atoms with Crippen molar-refractivity contribution in [3.05, 3.63) is 0 Å². The number of hydrogen-bond donors (Lipinski definition) is 4. The van der Waals surface area contributed by atoms with Gasteiger partial charge in [0, 0.05) is 26.2 Å². The van der Waals surface area contributed by atoms with Crippen molar-refractivity contribution in [1.82, 2.24) is 30.7 Å². The predicted molar refractivity (Wildman–Crippen MR) is 151 cm³/mol. The largest absolute Gasteiger partial charge is 0.405 e. The van der Waals surface area contributed by atoms with Crippen LogP contribution in [0.2, 0.25) is 0 Å². The lowest BCUT2D eigenvalue weighted by Gasteiger charge is -2.49. The molecule has 0 amide bonds. The number of rotatable bonds is 6. The van der Waals surface area contributed by atoms with E-state index in [0.29, 0.717) is 41.8 Å². The Morgan fingerprint density at radius 2 is 1.55 bits per heavy atom. The summed E-state index contributed by atoms with van der Waals surface area (Å²) in [7, 11) is 3.93. The van der Waals surface area contributed by atoms with Crippen molar-refractivity contribution < 1.29 is 13.2 Å². The van der Waals surface area contributed by atoms with Crippen molar-refractivity contribution in [1.29, 1.82) is 5.41 Å². The van der Waals surface area contributed by atoms with Crippen LogP contribution in [0.25, 0.3) is 0 Å². The van der Waals surface area contributed by atoms with Crippen molar-refractivity contribution in [3.63, 3.8) is 0 Å². The molecular formula is C30H52F3N7. The second-order valence-corrected chi connectivity index (χ2v) is 14.5. The summed E-state index contributed by atoms with van der Waals surface area (Å²) in [5, 5.41) is 20.2. The van der Waals surface area contributed by atoms with Gasteiger partial charge in [-0.1, -0.05) is 26.7 Å². The van der Waals surface area contributed by atoms with Crippen LogP contribution in [0.3, 0.4) is 0 Å². The highest BCUT2D eigenvalue weighted by atomic mass is 19.4. The first-order valence-corrected chi connectivity index (χ1v) is 16.2. The highest BCUT2D eigenvalue weighted by molar-refractivity contribution is 5.80. The Kier molecular flexibility index (Phi) is 8.11. The molecule has 0 radical (unpaired) electrons. The van der Waals surface area contributed by atoms with Crippen LogP contribution in [-0.4, -0.2) is 90.6 Å². The Hall–Kier alpha value is -1.10. The van der Waals surface area contributed by atoms with E-state index in [1.165, 1.54) is 38.5 Å². The van der Waals surface area contributed by atoms with Crippen molar-refractivity contribution in [3.8, 4) is 0 Å². The van der Waals surface area contributed by atoms with Gasteiger partial charge in [-0.2, -0.15) is 13.2 Å². The zero-order chi connectivity index (χ0) is 28.3. The molecule has 3 heterocycles. The molecule has 7 nitrogen and oxygen atoms in total. The van der Waals surface area contributed by atoms with Gasteiger partial charge in [-0.25, -0.2) is 0 Å². The van der Waals surface area contributed by atoms with Crippen LogP contribution in [0, 0.1) is 40.9 Å². The topological polar surface area (TPSA) is 69.7 Å². The minimum atomic E-state index is -4.19. The molecule has 3 saturated carbocycles. The normalized spacial score (nSPS) is 43.5. The molecule has 3 aliphatic carbocycles. The zero-order valence-electron chi connectivity index (χ0n) is 24.9. The zero-order valence-corrected chi connectivity index (χ0v) is 24.9. The molecule has 10 heteroatoms. The van der Waals surface area contributed by atoms with Gasteiger partial charge in [0.2, 0.25) is 0 Å². The van der Waals surface area contributed by atoms with Gasteiger partial charge in [0.15, 0.2) is 5.96 Å². The number of fused-ring (bicyclic) bond motifs is 1. The molecule has 0 spiro atoms. The predicted octanol–water partition coefficient (Wildman–Crippen LogP) is 4.22. The number of nitrogens with one attached hydrogen (secondary N) is 4. The molecule has 3 aliphatic heterocycles. The summed E-state index contributed by atoms with van der Waals surface area (Å²) < 4.78 is 40.0. The van der Waals surface area contributed by atoms with Gasteiger partial charge in [0.25, 0.3) is 0 Å². The van der Waals surface area contributed by atoms with Crippen LogP contribution in [0.5, 0.6) is 0 Å². The highest BCUT2D eigenvalue weighted by Crippen LogP contribution is 2.44. The van der Waals surface area contributed by atoms with Crippen molar-refractivity contribution in [2.45, 2.75) is 121 Å². The maximum Gasteiger partial charge on any atom is 0.405 e. The summed E-state index contributed by atoms with van der Waals surface area (Å²) in [6, 6.07) is -0.734. The average molecular weight is 568 g/mol. The van der Waals surface area contributed by atoms with Crippen LogP contribution >= 0.6 is 0 Å². The molecule has 0 aromatic carbocycles. The monoisotopic (exact) mass is 567 g/mol. The molecule has 6 aliphatic rings. The van der Waals surface area contributed by atoms with E-state index in [2.05, 4.69) is 46.6 Å². The molecule has 228 valence electrons. The van der Waals surface area contributed by atoms with E-state index in [9.17, 15) is 13.2 Å². The van der Waals surface area contributed by atoms with E-state index < -0.39 is 12.2 Å². The van der Waals surface area contributed by atoms with Gasteiger partial charge in [0.1, 0.15) is 12.2 Å². The van der Waals surface area contributed by atoms with Gasteiger partial charge in [-0.05, 0) is 93.9 Å². The van der Waals surface area contributed by atoms with Crippen molar-refractivity contribution in [2.24, 2.45) is 35.5 Å². The first-order chi connectivity index (χ1) is 19.0. The average Bonchev–Trinajstić information content (AvgIpc) is 3.66. The SMILES string of the molecule is CC(C)C1CCCCC1C1NC(C2CC2)C2C(N1)N(CC1CCC(C3NC(C(F)(F)F)CN3C)CC1)C(=N)N2C. The fourth-order valence-electron chi connectivity index (χ4n) is 9.23. The Balaban J connectivity index is 1.12. The summed E-state index contributed by atoms with van der Waals surface area (Å²) >= 11 is 0. The summed E-state index contributed by atoms with van der Waals surface area (Å²) in [6.45, 7) is 5.68. The lowest BCUT2D eigenvalue weighted by atomic mass is 9.71. The minimum Gasteiger partial charge on any atom is -0.338 e. The third kappa shape index (κ3) is 5.51. The Morgan fingerprint density at radius 1 is 0.875 bits per heavy atom. The standard InChI is InChI=1S/C30H52F3N7/c1-17(2)21-7-5-6-8-22(21)26-36-24(19-13-14-19)25-28(37-26)40(29(34)39(25)4)15-18-9-11-20(12-10-18)27-35-23(16-38(27)3)30(31,32)33/h17-28,34-37H,5-16H2,1-4H3. The van der Waals surface area contributed by atoms with Crippen LogP contribution < -0.4 is 16.0 Å². The van der Waals surface area contributed by atoms with Gasteiger partial charge in [-0.3, -0.25) is 26.3 Å². The van der Waals surface area contributed by atoms with Gasteiger partial charge in [-0.15, -0.1) is 0 Å². The van der Waals surface area contributed by atoms with Gasteiger partial charge >= 0.3 is 6.18 Å². The maximum atomic E-state index is 13.3. The molecule has 6 fully saturated rings. The van der Waals surface area contributed by atoms with Crippen LogP contribution in [0.4, 0.5) is 13.2 Å². The molecule has 40 heavy (non-hydrogen) atoms. The molecule has 8 atom stereocenters. The number of guanidine groups is 1. The van der Waals surface area contributed by atoms with E-state index in [1.807, 2.05) is 11.9 Å². The van der Waals surface area contributed by atoms with Crippen molar-refractivity contribution in [2.75, 3.05) is 27.2 Å². The number of hydrogen-bond acceptors (Lipinski definition) is 5. The molecular weight excluding hydrogens is 515 g/mol. The number of likely N-dealkylation sites (N-methyl/N-ethyl adjacent to an activating group) is 2. The lowest BCUT2D eigenvalue weighted by Crippen LogP contribution is -2.72. The Labute approximate surface area is 238 Å². The van der Waals surface area contributed by atoms with E-state index in [4.69, 9.17) is 5.41 Å². The molecule has 6 rings (SSSR count). The maximum absolute atomic E-state index is 13.3. The summed E-state index contributed by atoms with van der Waals surface area (Å²) in [5.74, 6) is 4.11. The molecule has 0 bridgehead atoms. The fourth-order valence-corrected chi connectivity index (χ4v) is 9.23. The molecule has 8 unspecified atom stereocenters. The number of nitrogens with zero attached hydrogens (tertiary/aromatic N) is 3. The first-order valence-electron chi connectivity index (χ1n) is 16.2. The highest BCUT2D eigenvalue weighted by Gasteiger charge is 2.55. The quantitative estimate of drug-likeness (QED) is 0.386. The third-order valence-corrected chi connectivity index (χ3v) is 11.6. The number of alkyl halides is 3. The molecule has 4 N–H and O–H groups in total. The lowest BCUT2D eigenvalue weighted by molar-refractivity contribution is -0.150. The van der Waals surface area contributed by atoms with E-state index >= 15 is 0 Å². The molecule has 0 aromatic rings. The van der Waals surface area contributed by atoms with E-state index in [0.717, 1.165) is 38.1 Å². The fraction of sp³-hybridized carbons (Fsp3) is 0.967. The third-order valence-electron chi connectivity index (χ3n) is 11.6. The Bertz CT molecular complexity index is 902. The summed E-state index contributed by atoms with van der Waals surface area (Å²) in [6.07, 6.45) is 7.82. The van der Waals surface area contributed by atoms with Gasteiger partial charge in [0.05, 0.1) is 18.4 Å². The van der Waals surface area contributed by atoms with Gasteiger partial charge < -0.3 is 9.80 Å². The summed E-state index contributed by atoms with van der Waals surface area (Å²) in [4.78, 5) is 6.43.